The van der Waals surface area contributed by atoms with Crippen molar-refractivity contribution in [2.45, 2.75) is 44.6 Å². The molecule has 2 nitrogen and oxygen atoms in total. The molecule has 1 unspecified atom stereocenters. The second-order valence-corrected chi connectivity index (χ2v) is 6.97. The molecule has 0 saturated carbocycles. The summed E-state index contributed by atoms with van der Waals surface area (Å²) in [6.07, 6.45) is 6.17. The van der Waals surface area contributed by atoms with Crippen LogP contribution in [-0.4, -0.2) is 11.1 Å². The van der Waals surface area contributed by atoms with E-state index in [1.165, 1.54) is 42.1 Å². The van der Waals surface area contributed by atoms with Crippen molar-refractivity contribution < 1.29 is 0 Å². The van der Waals surface area contributed by atoms with Gasteiger partial charge in [0.25, 0.3) is 0 Å². The van der Waals surface area contributed by atoms with Gasteiger partial charge in [0.15, 0.2) is 0 Å². The average Bonchev–Trinajstić information content (AvgIpc) is 2.96. The highest BCUT2D eigenvalue weighted by atomic mass is 15.0. The van der Waals surface area contributed by atoms with Crippen molar-refractivity contribution in [2.75, 3.05) is 6.54 Å². The zero-order valence-electron chi connectivity index (χ0n) is 14.2. The first kappa shape index (κ1) is 15.5. The number of para-hydroxylation sites is 1. The van der Waals surface area contributed by atoms with Crippen LogP contribution < -0.4 is 5.73 Å². The molecule has 0 aliphatic heterocycles. The maximum Gasteiger partial charge on any atom is 0.0488 e. The van der Waals surface area contributed by atoms with E-state index in [1.807, 2.05) is 0 Å². The number of hydrogen-bond donors (Lipinski definition) is 1. The number of fused-ring (bicyclic) bond motifs is 3. The summed E-state index contributed by atoms with van der Waals surface area (Å²) in [5, 5.41) is 1.46. The van der Waals surface area contributed by atoms with Gasteiger partial charge in [0, 0.05) is 23.1 Å². The standard InChI is InChI=1S/C22H26N2/c23-15-7-11-18-10-6-13-20-19-12-4-5-14-21(19)24(22(18)20)16-17-8-2-1-3-9-17/h1-5,8-9,12,14,18H,6-7,10-11,13,15-16,23H2. The van der Waals surface area contributed by atoms with E-state index < -0.39 is 0 Å². The molecule has 1 atom stereocenters. The summed E-state index contributed by atoms with van der Waals surface area (Å²) in [6, 6.07) is 19.8. The van der Waals surface area contributed by atoms with Gasteiger partial charge in [-0.2, -0.15) is 0 Å². The second-order valence-electron chi connectivity index (χ2n) is 6.97. The molecule has 1 aliphatic rings. The Balaban J connectivity index is 1.84. The number of benzene rings is 2. The van der Waals surface area contributed by atoms with Gasteiger partial charge in [-0.25, -0.2) is 0 Å². The molecular formula is C22H26N2. The Labute approximate surface area is 144 Å². The number of nitrogens with zero attached hydrogens (tertiary/aromatic N) is 1. The molecule has 0 bridgehead atoms. The lowest BCUT2D eigenvalue weighted by atomic mass is 9.84. The SMILES string of the molecule is NCCCC1CCCc2c1n(Cc1ccccc1)c1ccccc21. The van der Waals surface area contributed by atoms with Crippen molar-refractivity contribution in [1.82, 2.24) is 4.57 Å². The number of aryl methyl sites for hydroxylation is 1. The van der Waals surface area contributed by atoms with E-state index in [2.05, 4.69) is 59.2 Å². The summed E-state index contributed by atoms with van der Waals surface area (Å²) in [7, 11) is 0. The summed E-state index contributed by atoms with van der Waals surface area (Å²) in [5.74, 6) is 0.661. The van der Waals surface area contributed by atoms with Gasteiger partial charge in [-0.3, -0.25) is 0 Å². The molecule has 0 saturated heterocycles. The summed E-state index contributed by atoms with van der Waals surface area (Å²) < 4.78 is 2.58. The van der Waals surface area contributed by atoms with Gasteiger partial charge >= 0.3 is 0 Å². The topological polar surface area (TPSA) is 30.9 Å². The number of nitrogens with two attached hydrogens (primary N) is 1. The van der Waals surface area contributed by atoms with Crippen LogP contribution in [0, 0.1) is 0 Å². The van der Waals surface area contributed by atoms with Crippen LogP contribution in [0.4, 0.5) is 0 Å². The predicted molar refractivity (Wildman–Crippen MR) is 101 cm³/mol. The van der Waals surface area contributed by atoms with Gasteiger partial charge in [-0.15, -0.1) is 0 Å². The van der Waals surface area contributed by atoms with Crippen molar-refractivity contribution in [1.29, 1.82) is 0 Å². The largest absolute Gasteiger partial charge is 0.340 e. The van der Waals surface area contributed by atoms with Crippen LogP contribution in [0.25, 0.3) is 10.9 Å². The van der Waals surface area contributed by atoms with Gasteiger partial charge in [0.05, 0.1) is 0 Å². The number of hydrogen-bond acceptors (Lipinski definition) is 1. The first-order valence-corrected chi connectivity index (χ1v) is 9.22. The maximum absolute atomic E-state index is 5.80. The maximum atomic E-state index is 5.80. The summed E-state index contributed by atoms with van der Waals surface area (Å²) in [6.45, 7) is 1.76. The molecule has 0 spiro atoms. The highest BCUT2D eigenvalue weighted by Crippen LogP contribution is 2.40. The Morgan fingerprint density at radius 3 is 2.62 bits per heavy atom. The van der Waals surface area contributed by atoms with Gasteiger partial charge in [0.2, 0.25) is 0 Å². The van der Waals surface area contributed by atoms with Gasteiger partial charge in [0.1, 0.15) is 0 Å². The van der Waals surface area contributed by atoms with Crippen LogP contribution in [0.1, 0.15) is 48.4 Å². The molecule has 24 heavy (non-hydrogen) atoms. The van der Waals surface area contributed by atoms with Crippen molar-refractivity contribution in [3.63, 3.8) is 0 Å². The quantitative estimate of drug-likeness (QED) is 0.716. The van der Waals surface area contributed by atoms with Crippen LogP contribution in [0.5, 0.6) is 0 Å². The average molecular weight is 318 g/mol. The Kier molecular flexibility index (Phi) is 4.40. The van der Waals surface area contributed by atoms with E-state index in [0.717, 1.165) is 19.5 Å². The van der Waals surface area contributed by atoms with Gasteiger partial charge in [-0.1, -0.05) is 48.5 Å². The molecule has 2 aromatic carbocycles. The van der Waals surface area contributed by atoms with E-state index in [9.17, 15) is 0 Å². The van der Waals surface area contributed by atoms with Crippen LogP contribution in [0.3, 0.4) is 0 Å². The first-order chi connectivity index (χ1) is 11.9. The third kappa shape index (κ3) is 2.76. The fourth-order valence-corrected chi connectivity index (χ4v) is 4.37. The minimum absolute atomic E-state index is 0.661. The van der Waals surface area contributed by atoms with Crippen molar-refractivity contribution >= 4 is 10.9 Å². The highest BCUT2D eigenvalue weighted by Gasteiger charge is 2.27. The van der Waals surface area contributed by atoms with Crippen molar-refractivity contribution in [3.8, 4) is 0 Å². The number of aromatic nitrogens is 1. The third-order valence-electron chi connectivity index (χ3n) is 5.43. The first-order valence-electron chi connectivity index (χ1n) is 9.22. The van der Waals surface area contributed by atoms with Crippen LogP contribution in [-0.2, 0) is 13.0 Å². The summed E-state index contributed by atoms with van der Waals surface area (Å²) in [4.78, 5) is 0. The van der Waals surface area contributed by atoms with Gasteiger partial charge in [-0.05, 0) is 61.8 Å². The fraction of sp³-hybridized carbons (Fsp3) is 0.364. The Hall–Kier alpha value is -2.06. The Bertz CT molecular complexity index is 817. The predicted octanol–water partition coefficient (Wildman–Crippen LogP) is 4.85. The molecule has 0 amide bonds. The fourth-order valence-electron chi connectivity index (χ4n) is 4.37. The Morgan fingerprint density at radius 1 is 1.00 bits per heavy atom. The van der Waals surface area contributed by atoms with E-state index in [1.54, 1.807) is 11.3 Å². The van der Waals surface area contributed by atoms with Crippen molar-refractivity contribution in [2.24, 2.45) is 5.73 Å². The zero-order chi connectivity index (χ0) is 16.4. The lowest BCUT2D eigenvalue weighted by Gasteiger charge is -2.26. The van der Waals surface area contributed by atoms with E-state index in [0.29, 0.717) is 5.92 Å². The molecule has 1 aliphatic carbocycles. The summed E-state index contributed by atoms with van der Waals surface area (Å²) in [5.41, 5.74) is 11.7. The molecule has 2 N–H and O–H groups in total. The van der Waals surface area contributed by atoms with E-state index in [4.69, 9.17) is 5.73 Å². The molecule has 0 fully saturated rings. The molecule has 0 radical (unpaired) electrons. The lowest BCUT2D eigenvalue weighted by molar-refractivity contribution is 0.481. The molecular weight excluding hydrogens is 292 g/mol. The second kappa shape index (κ2) is 6.82. The molecule has 3 aromatic rings. The van der Waals surface area contributed by atoms with Gasteiger partial charge < -0.3 is 10.3 Å². The molecule has 1 heterocycles. The summed E-state index contributed by atoms with van der Waals surface area (Å²) >= 11 is 0. The van der Waals surface area contributed by atoms with Crippen molar-refractivity contribution in [3.05, 3.63) is 71.4 Å². The molecule has 124 valence electrons. The number of rotatable bonds is 5. The van der Waals surface area contributed by atoms with E-state index >= 15 is 0 Å². The molecule has 4 rings (SSSR count). The zero-order valence-corrected chi connectivity index (χ0v) is 14.2. The minimum atomic E-state index is 0.661. The van der Waals surface area contributed by atoms with Crippen LogP contribution in [0.2, 0.25) is 0 Å². The minimum Gasteiger partial charge on any atom is -0.340 e. The monoisotopic (exact) mass is 318 g/mol. The molecule has 2 heteroatoms. The molecule has 1 aromatic heterocycles. The third-order valence-corrected chi connectivity index (χ3v) is 5.43. The van der Waals surface area contributed by atoms with E-state index in [-0.39, 0.29) is 0 Å². The highest BCUT2D eigenvalue weighted by molar-refractivity contribution is 5.86. The normalized spacial score (nSPS) is 17.1. The smallest absolute Gasteiger partial charge is 0.0488 e. The van der Waals surface area contributed by atoms with Crippen LogP contribution >= 0.6 is 0 Å². The van der Waals surface area contributed by atoms with Crippen LogP contribution in [0.15, 0.2) is 54.6 Å². The lowest BCUT2D eigenvalue weighted by Crippen LogP contribution is -2.16. The Morgan fingerprint density at radius 2 is 1.79 bits per heavy atom.